The minimum Gasteiger partial charge on any atom is -0.368 e. The Labute approximate surface area is 160 Å². The average Bonchev–Trinajstić information content (AvgIpc) is 2.73. The van der Waals surface area contributed by atoms with Gasteiger partial charge in [-0.15, -0.1) is 0 Å². The number of benzene rings is 2. The summed E-state index contributed by atoms with van der Waals surface area (Å²) >= 11 is 0. The number of hydrogen-bond donors (Lipinski definition) is 1. The SMILES string of the molecule is Cc1nc(NCc2ccccc2)cc(N2CCN(c3ccccc3)CC2)n1. The zero-order chi connectivity index (χ0) is 18.5. The van der Waals surface area contributed by atoms with E-state index in [9.17, 15) is 0 Å². The molecule has 0 atom stereocenters. The van der Waals surface area contributed by atoms with Crippen LogP contribution in [-0.4, -0.2) is 36.1 Å². The van der Waals surface area contributed by atoms with E-state index < -0.39 is 0 Å². The van der Waals surface area contributed by atoms with Crippen molar-refractivity contribution in [1.29, 1.82) is 0 Å². The number of aromatic nitrogens is 2. The molecule has 1 aromatic heterocycles. The van der Waals surface area contributed by atoms with Crippen molar-refractivity contribution in [3.63, 3.8) is 0 Å². The Morgan fingerprint density at radius 1 is 0.815 bits per heavy atom. The van der Waals surface area contributed by atoms with Gasteiger partial charge in [-0.05, 0) is 24.6 Å². The van der Waals surface area contributed by atoms with Crippen LogP contribution in [0.1, 0.15) is 11.4 Å². The Morgan fingerprint density at radius 2 is 1.44 bits per heavy atom. The first kappa shape index (κ1) is 17.3. The number of piperazine rings is 1. The maximum absolute atomic E-state index is 4.67. The highest BCUT2D eigenvalue weighted by molar-refractivity contribution is 5.52. The van der Waals surface area contributed by atoms with Crippen LogP contribution in [0.15, 0.2) is 66.7 Å². The lowest BCUT2D eigenvalue weighted by Gasteiger charge is -2.36. The molecule has 0 radical (unpaired) electrons. The fraction of sp³-hybridized carbons (Fsp3) is 0.273. The standard InChI is InChI=1S/C22H25N5/c1-18-24-21(23-17-19-8-4-2-5-9-19)16-22(25-18)27-14-12-26(13-15-27)20-10-6-3-7-11-20/h2-11,16H,12-15,17H2,1H3,(H,23,24,25). The molecule has 5 heteroatoms. The summed E-state index contributed by atoms with van der Waals surface area (Å²) in [7, 11) is 0. The van der Waals surface area contributed by atoms with E-state index in [-0.39, 0.29) is 0 Å². The second-order valence-corrected chi connectivity index (χ2v) is 6.81. The van der Waals surface area contributed by atoms with Gasteiger partial charge in [0.2, 0.25) is 0 Å². The number of para-hydroxylation sites is 1. The van der Waals surface area contributed by atoms with Crippen molar-refractivity contribution < 1.29 is 0 Å². The molecule has 1 fully saturated rings. The number of nitrogens with one attached hydrogen (secondary N) is 1. The van der Waals surface area contributed by atoms with Gasteiger partial charge in [0.1, 0.15) is 17.5 Å². The molecule has 1 aliphatic rings. The van der Waals surface area contributed by atoms with Gasteiger partial charge in [0.05, 0.1) is 0 Å². The van der Waals surface area contributed by atoms with Gasteiger partial charge in [-0.3, -0.25) is 0 Å². The van der Waals surface area contributed by atoms with Crippen molar-refractivity contribution in [1.82, 2.24) is 9.97 Å². The number of anilines is 3. The number of hydrogen-bond acceptors (Lipinski definition) is 5. The molecule has 4 rings (SSSR count). The van der Waals surface area contributed by atoms with Crippen LogP contribution in [0.2, 0.25) is 0 Å². The van der Waals surface area contributed by atoms with Crippen LogP contribution < -0.4 is 15.1 Å². The Kier molecular flexibility index (Phi) is 5.19. The number of aryl methyl sites for hydroxylation is 1. The molecule has 0 amide bonds. The maximum atomic E-state index is 4.67. The number of rotatable bonds is 5. The first-order valence-corrected chi connectivity index (χ1v) is 9.46. The van der Waals surface area contributed by atoms with Crippen molar-refractivity contribution in [2.75, 3.05) is 41.3 Å². The Morgan fingerprint density at radius 3 is 2.15 bits per heavy atom. The van der Waals surface area contributed by atoms with E-state index in [0.717, 1.165) is 50.2 Å². The van der Waals surface area contributed by atoms with Gasteiger partial charge >= 0.3 is 0 Å². The fourth-order valence-corrected chi connectivity index (χ4v) is 3.43. The smallest absolute Gasteiger partial charge is 0.134 e. The Balaban J connectivity index is 1.41. The molecule has 1 aliphatic heterocycles. The molecule has 0 aliphatic carbocycles. The predicted octanol–water partition coefficient (Wildman–Crippen LogP) is 3.72. The van der Waals surface area contributed by atoms with Crippen molar-refractivity contribution >= 4 is 17.3 Å². The van der Waals surface area contributed by atoms with Crippen molar-refractivity contribution in [2.24, 2.45) is 0 Å². The van der Waals surface area contributed by atoms with Crippen LogP contribution in [0, 0.1) is 6.92 Å². The lowest BCUT2D eigenvalue weighted by atomic mass is 10.2. The summed E-state index contributed by atoms with van der Waals surface area (Å²) < 4.78 is 0. The average molecular weight is 359 g/mol. The summed E-state index contributed by atoms with van der Waals surface area (Å²) in [6.07, 6.45) is 0. The zero-order valence-electron chi connectivity index (χ0n) is 15.7. The lowest BCUT2D eigenvalue weighted by molar-refractivity contribution is 0.646. The summed E-state index contributed by atoms with van der Waals surface area (Å²) in [6, 6.07) is 23.1. The minimum atomic E-state index is 0.762. The molecule has 27 heavy (non-hydrogen) atoms. The predicted molar refractivity (Wildman–Crippen MR) is 111 cm³/mol. The van der Waals surface area contributed by atoms with Crippen molar-refractivity contribution in [3.05, 3.63) is 78.1 Å². The van der Waals surface area contributed by atoms with Crippen LogP contribution in [-0.2, 0) is 6.54 Å². The molecular formula is C22H25N5. The van der Waals surface area contributed by atoms with Crippen LogP contribution >= 0.6 is 0 Å². The second-order valence-electron chi connectivity index (χ2n) is 6.81. The third-order valence-electron chi connectivity index (χ3n) is 4.87. The second kappa shape index (κ2) is 8.08. The first-order chi connectivity index (χ1) is 13.3. The quantitative estimate of drug-likeness (QED) is 0.752. The summed E-state index contributed by atoms with van der Waals surface area (Å²) in [5.74, 6) is 2.69. The molecule has 2 aromatic carbocycles. The highest BCUT2D eigenvalue weighted by Crippen LogP contribution is 2.21. The lowest BCUT2D eigenvalue weighted by Crippen LogP contribution is -2.46. The van der Waals surface area contributed by atoms with E-state index in [4.69, 9.17) is 0 Å². The van der Waals surface area contributed by atoms with E-state index in [0.29, 0.717) is 0 Å². The molecule has 3 aromatic rings. The third kappa shape index (κ3) is 4.37. The maximum Gasteiger partial charge on any atom is 0.134 e. The van der Waals surface area contributed by atoms with Gasteiger partial charge in [-0.25, -0.2) is 9.97 Å². The van der Waals surface area contributed by atoms with Gasteiger partial charge in [-0.1, -0.05) is 48.5 Å². The molecule has 2 heterocycles. The molecule has 0 saturated carbocycles. The van der Waals surface area contributed by atoms with Gasteiger partial charge in [0.15, 0.2) is 0 Å². The van der Waals surface area contributed by atoms with Crippen LogP contribution in [0.25, 0.3) is 0 Å². The Bertz CT molecular complexity index is 858. The normalized spacial score (nSPS) is 14.3. The van der Waals surface area contributed by atoms with E-state index in [1.165, 1.54) is 11.3 Å². The molecule has 0 unspecified atom stereocenters. The van der Waals surface area contributed by atoms with E-state index >= 15 is 0 Å². The van der Waals surface area contributed by atoms with Crippen molar-refractivity contribution in [2.45, 2.75) is 13.5 Å². The summed E-state index contributed by atoms with van der Waals surface area (Å²) in [5.41, 5.74) is 2.54. The van der Waals surface area contributed by atoms with E-state index in [1.807, 2.05) is 13.0 Å². The fourth-order valence-electron chi connectivity index (χ4n) is 3.43. The van der Waals surface area contributed by atoms with E-state index in [1.54, 1.807) is 0 Å². The van der Waals surface area contributed by atoms with E-state index in [2.05, 4.69) is 85.7 Å². The molecule has 1 N–H and O–H groups in total. The van der Waals surface area contributed by atoms with Crippen LogP contribution in [0.4, 0.5) is 17.3 Å². The molecule has 0 bridgehead atoms. The highest BCUT2D eigenvalue weighted by Gasteiger charge is 2.19. The van der Waals surface area contributed by atoms with Gasteiger partial charge in [0.25, 0.3) is 0 Å². The molecule has 5 nitrogen and oxygen atoms in total. The highest BCUT2D eigenvalue weighted by atomic mass is 15.3. The molecule has 1 saturated heterocycles. The van der Waals surface area contributed by atoms with Gasteiger partial charge in [0, 0.05) is 44.5 Å². The van der Waals surface area contributed by atoms with Gasteiger partial charge < -0.3 is 15.1 Å². The monoisotopic (exact) mass is 359 g/mol. The molecule has 138 valence electrons. The molecule has 0 spiro atoms. The summed E-state index contributed by atoms with van der Waals surface area (Å²) in [4.78, 5) is 14.0. The first-order valence-electron chi connectivity index (χ1n) is 9.46. The summed E-state index contributed by atoms with van der Waals surface area (Å²) in [6.45, 7) is 6.64. The largest absolute Gasteiger partial charge is 0.368 e. The third-order valence-corrected chi connectivity index (χ3v) is 4.87. The minimum absolute atomic E-state index is 0.762. The van der Waals surface area contributed by atoms with Crippen LogP contribution in [0.3, 0.4) is 0 Å². The molecular weight excluding hydrogens is 334 g/mol. The Hall–Kier alpha value is -3.08. The van der Waals surface area contributed by atoms with Crippen molar-refractivity contribution in [3.8, 4) is 0 Å². The van der Waals surface area contributed by atoms with Crippen LogP contribution in [0.5, 0.6) is 0 Å². The number of nitrogens with zero attached hydrogens (tertiary/aromatic N) is 4. The summed E-state index contributed by atoms with van der Waals surface area (Å²) in [5, 5.41) is 3.43. The van der Waals surface area contributed by atoms with Gasteiger partial charge in [-0.2, -0.15) is 0 Å². The zero-order valence-corrected chi connectivity index (χ0v) is 15.7. The topological polar surface area (TPSA) is 44.3 Å².